The van der Waals surface area contributed by atoms with Crippen LogP contribution in [0.3, 0.4) is 0 Å². The molecule has 4 aliphatic heterocycles. The van der Waals surface area contributed by atoms with Gasteiger partial charge in [0.15, 0.2) is 12.2 Å². The van der Waals surface area contributed by atoms with Crippen molar-refractivity contribution in [3.05, 3.63) is 59.4 Å². The van der Waals surface area contributed by atoms with Crippen LogP contribution in [0.15, 0.2) is 64.4 Å². The average molecular weight is 653 g/mol. The third-order valence-corrected chi connectivity index (χ3v) is 8.27. The van der Waals surface area contributed by atoms with Gasteiger partial charge in [-0.1, -0.05) is 62.5 Å². The maximum atomic E-state index is 13.0. The Balaban J connectivity index is 1.42. The lowest BCUT2D eigenvalue weighted by molar-refractivity contribution is -0.151. The Kier molecular flexibility index (Phi) is 13.7. The first-order chi connectivity index (χ1) is 22.6. The zero-order valence-electron chi connectivity index (χ0n) is 27.9. The number of alkyl carbamates (subject to hydrolysis) is 1. The van der Waals surface area contributed by atoms with E-state index in [1.165, 1.54) is 19.4 Å². The molecule has 11 heteroatoms. The number of aliphatic imine (C=N–C) groups is 1. The van der Waals surface area contributed by atoms with Gasteiger partial charge >= 0.3 is 18.0 Å². The number of nitrogens with zero attached hydrogens (tertiary/aromatic N) is 1. The highest BCUT2D eigenvalue weighted by Gasteiger charge is 2.58. The molecule has 0 spiro atoms. The van der Waals surface area contributed by atoms with Crippen molar-refractivity contribution in [2.24, 2.45) is 4.99 Å². The lowest BCUT2D eigenvalue weighted by Gasteiger charge is -2.24. The molecule has 0 saturated carbocycles. The van der Waals surface area contributed by atoms with Gasteiger partial charge in [0.05, 0.1) is 18.4 Å². The van der Waals surface area contributed by atoms with Crippen LogP contribution < -0.4 is 5.32 Å². The van der Waals surface area contributed by atoms with Gasteiger partial charge in [-0.15, -0.1) is 0 Å². The van der Waals surface area contributed by atoms with Gasteiger partial charge < -0.3 is 23.7 Å². The van der Waals surface area contributed by atoms with Crippen LogP contribution in [0.1, 0.15) is 91.9 Å². The van der Waals surface area contributed by atoms with E-state index in [1.54, 1.807) is 12.2 Å². The first kappa shape index (κ1) is 36.0. The Morgan fingerprint density at radius 1 is 1.04 bits per heavy atom. The molecule has 256 valence electrons. The number of amides is 2. The number of cyclic esters (lactones) is 1. The van der Waals surface area contributed by atoms with Gasteiger partial charge in [-0.2, -0.15) is 0 Å². The molecule has 0 aromatic rings. The molecule has 47 heavy (non-hydrogen) atoms. The molecule has 4 heterocycles. The van der Waals surface area contributed by atoms with E-state index in [9.17, 15) is 19.2 Å². The summed E-state index contributed by atoms with van der Waals surface area (Å²) in [5, 5.41) is 2.12. The van der Waals surface area contributed by atoms with Crippen LogP contribution in [0.4, 0.5) is 4.79 Å². The van der Waals surface area contributed by atoms with E-state index in [0.29, 0.717) is 19.3 Å². The SMILES string of the molecule is CCCCCCCC(=O)OCC/C=C/C1OC1C1OC(=O)/C=C\C=C\C2=C(C)CC(=N2)/C=C(/C)CCC2OC2C1OC(=O)NC(C)=O. The zero-order valence-corrected chi connectivity index (χ0v) is 27.9. The van der Waals surface area contributed by atoms with Crippen molar-refractivity contribution in [2.45, 2.75) is 129 Å². The summed E-state index contributed by atoms with van der Waals surface area (Å²) in [7, 11) is 0. The summed E-state index contributed by atoms with van der Waals surface area (Å²) in [6.45, 7) is 7.69. The van der Waals surface area contributed by atoms with Crippen LogP contribution in [0.25, 0.3) is 0 Å². The molecule has 4 rings (SSSR count). The topological polar surface area (TPSA) is 145 Å². The van der Waals surface area contributed by atoms with Crippen molar-refractivity contribution >= 4 is 29.7 Å². The summed E-state index contributed by atoms with van der Waals surface area (Å²) in [5.41, 5.74) is 4.12. The fourth-order valence-corrected chi connectivity index (χ4v) is 5.68. The second-order valence-electron chi connectivity index (χ2n) is 12.5. The highest BCUT2D eigenvalue weighted by molar-refractivity contribution is 6.00. The predicted molar refractivity (Wildman–Crippen MR) is 175 cm³/mol. The van der Waals surface area contributed by atoms with Crippen LogP contribution >= 0.6 is 0 Å². The van der Waals surface area contributed by atoms with E-state index in [1.807, 2.05) is 32.1 Å². The van der Waals surface area contributed by atoms with Crippen molar-refractivity contribution in [2.75, 3.05) is 6.61 Å². The first-order valence-corrected chi connectivity index (χ1v) is 16.8. The molecule has 2 saturated heterocycles. The lowest BCUT2D eigenvalue weighted by Crippen LogP contribution is -2.46. The number of fused-ring (bicyclic) bond motifs is 2. The van der Waals surface area contributed by atoms with Gasteiger partial charge in [0, 0.05) is 31.6 Å². The Labute approximate surface area is 277 Å². The quantitative estimate of drug-likeness (QED) is 0.0896. The zero-order chi connectivity index (χ0) is 33.8. The number of esters is 2. The summed E-state index contributed by atoms with van der Waals surface area (Å²) < 4.78 is 28.7. The molecule has 2 bridgehead atoms. The average Bonchev–Trinajstić information content (AvgIpc) is 3.93. The molecular formula is C36H48N2O9. The van der Waals surface area contributed by atoms with E-state index in [2.05, 4.69) is 18.3 Å². The van der Waals surface area contributed by atoms with Crippen LogP contribution in [-0.2, 0) is 38.1 Å². The Morgan fingerprint density at radius 3 is 2.62 bits per heavy atom. The molecule has 2 fully saturated rings. The Hall–Kier alpha value is -3.83. The van der Waals surface area contributed by atoms with Gasteiger partial charge in [-0.3, -0.25) is 19.9 Å². The number of hydrogen-bond acceptors (Lipinski definition) is 10. The third-order valence-electron chi connectivity index (χ3n) is 8.27. The molecule has 6 atom stereocenters. The summed E-state index contributed by atoms with van der Waals surface area (Å²) in [6.07, 6.45) is 15.7. The standard InChI is InChI=1S/C36H48N2O9/c1-5-6-7-8-9-16-30(40)43-20-13-12-15-28-32(44-28)34-35(47-36(42)37-25(4)39)33-29(45-33)19-18-23(2)21-26-22-24(3)27(38-26)14-10-11-17-31(41)46-34/h10-12,14-15,17,21,28-29,32-35H,5-9,13,16,18-20,22H2,1-4H3,(H,37,39,42)/b14-10+,15-12+,17-11-,23-21-. The van der Waals surface area contributed by atoms with E-state index < -0.39 is 48.5 Å². The maximum Gasteiger partial charge on any atom is 0.414 e. The van der Waals surface area contributed by atoms with Crippen molar-refractivity contribution < 1.29 is 42.9 Å². The number of nitrogens with one attached hydrogen (secondary N) is 1. The lowest BCUT2D eigenvalue weighted by atomic mass is 9.99. The van der Waals surface area contributed by atoms with E-state index in [0.717, 1.165) is 61.1 Å². The molecule has 4 aliphatic rings. The van der Waals surface area contributed by atoms with Gasteiger partial charge in [0.1, 0.15) is 18.3 Å². The smallest absolute Gasteiger partial charge is 0.414 e. The number of allylic oxidation sites excluding steroid dienone is 6. The normalized spacial score (nSPS) is 29.8. The number of carbonyl (C=O) groups excluding carboxylic acids is 4. The minimum absolute atomic E-state index is 0.201. The van der Waals surface area contributed by atoms with Crippen molar-refractivity contribution in [1.29, 1.82) is 0 Å². The molecule has 1 N–H and O–H groups in total. The molecular weight excluding hydrogens is 604 g/mol. The molecule has 0 aromatic heterocycles. The number of rotatable bonds is 12. The molecule has 0 aliphatic carbocycles. The van der Waals surface area contributed by atoms with E-state index in [4.69, 9.17) is 28.7 Å². The van der Waals surface area contributed by atoms with Crippen molar-refractivity contribution in [1.82, 2.24) is 5.32 Å². The number of unbranched alkanes of at least 4 members (excludes halogenated alkanes) is 4. The fraction of sp³-hybridized carbons (Fsp3) is 0.583. The Morgan fingerprint density at radius 2 is 1.83 bits per heavy atom. The predicted octanol–water partition coefficient (Wildman–Crippen LogP) is 5.90. The first-order valence-electron chi connectivity index (χ1n) is 16.8. The largest absolute Gasteiger partial charge is 0.465 e. The summed E-state index contributed by atoms with van der Waals surface area (Å²) in [5.74, 6) is -1.44. The fourth-order valence-electron chi connectivity index (χ4n) is 5.68. The third kappa shape index (κ3) is 12.0. The highest BCUT2D eigenvalue weighted by atomic mass is 16.7. The molecule has 2 amide bonds. The van der Waals surface area contributed by atoms with Crippen LogP contribution in [0.2, 0.25) is 0 Å². The second kappa shape index (κ2) is 17.9. The van der Waals surface area contributed by atoms with Gasteiger partial charge in [-0.05, 0) is 57.3 Å². The van der Waals surface area contributed by atoms with Crippen LogP contribution in [-0.4, -0.2) is 72.9 Å². The molecule has 0 radical (unpaired) electrons. The molecule has 11 nitrogen and oxygen atoms in total. The van der Waals surface area contributed by atoms with Gasteiger partial charge in [-0.25, -0.2) is 9.59 Å². The van der Waals surface area contributed by atoms with Crippen molar-refractivity contribution in [3.8, 4) is 0 Å². The minimum Gasteiger partial charge on any atom is -0.465 e. The number of hydrogen-bond donors (Lipinski definition) is 1. The molecule has 0 aromatic carbocycles. The van der Waals surface area contributed by atoms with Gasteiger partial charge in [0.25, 0.3) is 0 Å². The van der Waals surface area contributed by atoms with Gasteiger partial charge in [0.2, 0.25) is 5.91 Å². The molecule has 6 unspecified atom stereocenters. The van der Waals surface area contributed by atoms with E-state index >= 15 is 0 Å². The van der Waals surface area contributed by atoms with Crippen molar-refractivity contribution in [3.63, 3.8) is 0 Å². The summed E-state index contributed by atoms with van der Waals surface area (Å²) >= 11 is 0. The number of ether oxygens (including phenoxy) is 5. The summed E-state index contributed by atoms with van der Waals surface area (Å²) in [4.78, 5) is 53.9. The van der Waals surface area contributed by atoms with Crippen LogP contribution in [0.5, 0.6) is 0 Å². The highest BCUT2D eigenvalue weighted by Crippen LogP contribution is 2.40. The van der Waals surface area contributed by atoms with Crippen LogP contribution in [0, 0.1) is 0 Å². The maximum absolute atomic E-state index is 13.0. The second-order valence-corrected chi connectivity index (χ2v) is 12.5. The minimum atomic E-state index is -1.03. The summed E-state index contributed by atoms with van der Waals surface area (Å²) in [6, 6.07) is 0. The Bertz CT molecular complexity index is 1340. The number of epoxide rings is 2. The van der Waals surface area contributed by atoms with E-state index in [-0.39, 0.29) is 18.7 Å². The number of imide groups is 1. The number of carbonyl (C=O) groups is 4. The monoisotopic (exact) mass is 652 g/mol.